The second-order valence-electron chi connectivity index (χ2n) is 6.21. The van der Waals surface area contributed by atoms with E-state index in [4.69, 9.17) is 11.6 Å². The number of likely N-dealkylation sites (N-methyl/N-ethyl adjacent to an activating group) is 1. The van der Waals surface area contributed by atoms with Gasteiger partial charge in [-0.1, -0.05) is 41.1 Å². The van der Waals surface area contributed by atoms with Crippen molar-refractivity contribution in [1.29, 1.82) is 0 Å². The van der Waals surface area contributed by atoms with Crippen LogP contribution in [0.5, 0.6) is 0 Å². The molecule has 138 valence electrons. The molecule has 0 N–H and O–H groups in total. The van der Waals surface area contributed by atoms with E-state index in [2.05, 4.69) is 18.0 Å². The van der Waals surface area contributed by atoms with E-state index in [1.165, 1.54) is 16.9 Å². The zero-order valence-electron chi connectivity index (χ0n) is 14.9. The van der Waals surface area contributed by atoms with Gasteiger partial charge in [-0.25, -0.2) is 4.98 Å². The predicted octanol–water partition coefficient (Wildman–Crippen LogP) is 4.89. The van der Waals surface area contributed by atoms with Gasteiger partial charge >= 0.3 is 0 Å². The summed E-state index contributed by atoms with van der Waals surface area (Å²) >= 11 is 7.77. The number of fused-ring (bicyclic) bond motifs is 1. The molecule has 0 spiro atoms. The number of rotatable bonds is 5. The minimum atomic E-state index is -0.122. The Labute approximate surface area is 168 Å². The van der Waals surface area contributed by atoms with Crippen LogP contribution in [0, 0.1) is 6.92 Å². The Bertz CT molecular complexity index is 911. The summed E-state index contributed by atoms with van der Waals surface area (Å²) in [5.74, 6) is -0.122. The molecule has 1 amide bonds. The molecule has 0 unspecified atom stereocenters. The highest BCUT2D eigenvalue weighted by Crippen LogP contribution is 2.31. The number of nitrogens with zero attached hydrogens (tertiary/aromatic N) is 3. The molecule has 0 atom stereocenters. The topological polar surface area (TPSA) is 36.4 Å². The fraction of sp³-hybridized carbons (Fsp3) is 0.263. The van der Waals surface area contributed by atoms with E-state index < -0.39 is 0 Å². The second-order valence-corrected chi connectivity index (χ2v) is 7.62. The molecule has 3 aromatic rings. The van der Waals surface area contributed by atoms with Crippen LogP contribution in [0.4, 0.5) is 5.13 Å². The summed E-state index contributed by atoms with van der Waals surface area (Å²) in [6, 6.07) is 13.3. The Morgan fingerprint density at radius 1 is 1.15 bits per heavy atom. The van der Waals surface area contributed by atoms with Crippen LogP contribution in [-0.2, 0) is 0 Å². The SMILES string of the molecule is Cc1ccc2nc(N(CCN(C)C)C(=O)c3ccccc3Cl)sc2c1.Cl. The Morgan fingerprint density at radius 2 is 1.88 bits per heavy atom. The van der Waals surface area contributed by atoms with Gasteiger partial charge in [0.05, 0.1) is 20.8 Å². The zero-order chi connectivity index (χ0) is 18.0. The summed E-state index contributed by atoms with van der Waals surface area (Å²) in [4.78, 5) is 21.6. The Kier molecular flexibility index (Phi) is 7.01. The predicted molar refractivity (Wildman–Crippen MR) is 113 cm³/mol. The minimum absolute atomic E-state index is 0. The van der Waals surface area contributed by atoms with Crippen LogP contribution in [0.15, 0.2) is 42.5 Å². The molecule has 0 aliphatic heterocycles. The molecule has 0 aliphatic carbocycles. The number of aromatic nitrogens is 1. The van der Waals surface area contributed by atoms with Gasteiger partial charge < -0.3 is 4.90 Å². The first-order valence-electron chi connectivity index (χ1n) is 8.04. The Hall–Kier alpha value is -1.66. The van der Waals surface area contributed by atoms with Crippen molar-refractivity contribution in [3.63, 3.8) is 0 Å². The van der Waals surface area contributed by atoms with Crippen molar-refractivity contribution in [3.05, 3.63) is 58.6 Å². The third kappa shape index (κ3) is 4.54. The van der Waals surface area contributed by atoms with Gasteiger partial charge in [-0.15, -0.1) is 12.4 Å². The molecular formula is C19H21Cl2N3OS. The van der Waals surface area contributed by atoms with Crippen LogP contribution in [0.25, 0.3) is 10.2 Å². The summed E-state index contributed by atoms with van der Waals surface area (Å²) < 4.78 is 1.08. The van der Waals surface area contributed by atoms with Crippen molar-refractivity contribution in [3.8, 4) is 0 Å². The van der Waals surface area contributed by atoms with Crippen molar-refractivity contribution >= 4 is 56.6 Å². The third-order valence-electron chi connectivity index (χ3n) is 3.88. The van der Waals surface area contributed by atoms with Crippen molar-refractivity contribution < 1.29 is 4.79 Å². The van der Waals surface area contributed by atoms with E-state index in [9.17, 15) is 4.79 Å². The average molecular weight is 410 g/mol. The molecule has 0 saturated heterocycles. The standard InChI is InChI=1S/C19H20ClN3OS.ClH/c1-13-8-9-16-17(12-13)25-19(21-16)23(11-10-22(2)3)18(24)14-6-4-5-7-15(14)20;/h4-9,12H,10-11H2,1-3H3;1H. The third-order valence-corrected chi connectivity index (χ3v) is 5.25. The summed E-state index contributed by atoms with van der Waals surface area (Å²) in [6.07, 6.45) is 0. The maximum Gasteiger partial charge on any atom is 0.261 e. The molecule has 0 bridgehead atoms. The molecule has 26 heavy (non-hydrogen) atoms. The van der Waals surface area contributed by atoms with Crippen LogP contribution in [0.2, 0.25) is 5.02 Å². The van der Waals surface area contributed by atoms with Gasteiger partial charge in [0.2, 0.25) is 0 Å². The van der Waals surface area contributed by atoms with Gasteiger partial charge in [-0.3, -0.25) is 9.69 Å². The number of carbonyl (C=O) groups is 1. The smallest absolute Gasteiger partial charge is 0.261 e. The highest BCUT2D eigenvalue weighted by molar-refractivity contribution is 7.22. The van der Waals surface area contributed by atoms with Gasteiger partial charge in [0.25, 0.3) is 5.91 Å². The van der Waals surface area contributed by atoms with Crippen molar-refractivity contribution in [2.24, 2.45) is 0 Å². The number of aryl methyl sites for hydroxylation is 1. The largest absolute Gasteiger partial charge is 0.308 e. The molecule has 1 heterocycles. The maximum atomic E-state index is 13.1. The molecule has 3 rings (SSSR count). The summed E-state index contributed by atoms with van der Waals surface area (Å²) in [6.45, 7) is 3.35. The van der Waals surface area contributed by atoms with Crippen LogP contribution < -0.4 is 4.90 Å². The van der Waals surface area contributed by atoms with Crippen molar-refractivity contribution in [2.75, 3.05) is 32.1 Å². The van der Waals surface area contributed by atoms with E-state index in [0.717, 1.165) is 16.8 Å². The zero-order valence-corrected chi connectivity index (χ0v) is 17.3. The van der Waals surface area contributed by atoms with Gasteiger partial charge in [-0.2, -0.15) is 0 Å². The fourth-order valence-corrected chi connectivity index (χ4v) is 3.80. The normalized spacial score (nSPS) is 10.8. The lowest BCUT2D eigenvalue weighted by Gasteiger charge is -2.22. The van der Waals surface area contributed by atoms with E-state index in [1.807, 2.05) is 43.3 Å². The lowest BCUT2D eigenvalue weighted by Crippen LogP contribution is -2.36. The first-order chi connectivity index (χ1) is 12.0. The number of hydrogen-bond donors (Lipinski definition) is 0. The molecule has 0 radical (unpaired) electrons. The molecule has 2 aromatic carbocycles. The van der Waals surface area contributed by atoms with Crippen LogP contribution >= 0.6 is 35.3 Å². The number of hydrogen-bond acceptors (Lipinski definition) is 4. The number of carbonyl (C=O) groups excluding carboxylic acids is 1. The number of amides is 1. The van der Waals surface area contributed by atoms with Gasteiger partial charge in [0.1, 0.15) is 0 Å². The highest BCUT2D eigenvalue weighted by atomic mass is 35.5. The molecule has 4 nitrogen and oxygen atoms in total. The summed E-state index contributed by atoms with van der Waals surface area (Å²) in [5, 5.41) is 1.16. The van der Waals surface area contributed by atoms with E-state index >= 15 is 0 Å². The monoisotopic (exact) mass is 409 g/mol. The molecule has 0 aliphatic rings. The van der Waals surface area contributed by atoms with Crippen molar-refractivity contribution in [2.45, 2.75) is 6.92 Å². The average Bonchev–Trinajstić information content (AvgIpc) is 2.97. The first kappa shape index (κ1) is 20.6. The summed E-state index contributed by atoms with van der Waals surface area (Å²) in [5.41, 5.74) is 2.59. The molecule has 0 saturated carbocycles. The number of benzene rings is 2. The van der Waals surface area contributed by atoms with Gasteiger partial charge in [-0.05, 0) is 50.8 Å². The van der Waals surface area contributed by atoms with Gasteiger partial charge in [0, 0.05) is 13.1 Å². The van der Waals surface area contributed by atoms with Gasteiger partial charge in [0.15, 0.2) is 5.13 Å². The first-order valence-corrected chi connectivity index (χ1v) is 9.23. The minimum Gasteiger partial charge on any atom is -0.308 e. The van der Waals surface area contributed by atoms with Crippen LogP contribution in [-0.4, -0.2) is 43.0 Å². The second kappa shape index (κ2) is 8.82. The number of halogens is 2. The van der Waals surface area contributed by atoms with Crippen molar-refractivity contribution in [1.82, 2.24) is 9.88 Å². The number of anilines is 1. The summed E-state index contributed by atoms with van der Waals surface area (Å²) in [7, 11) is 3.97. The Morgan fingerprint density at radius 3 is 2.58 bits per heavy atom. The van der Waals surface area contributed by atoms with E-state index in [-0.39, 0.29) is 18.3 Å². The molecule has 0 fully saturated rings. The highest BCUT2D eigenvalue weighted by Gasteiger charge is 2.23. The quantitative estimate of drug-likeness (QED) is 0.601. The maximum absolute atomic E-state index is 13.1. The van der Waals surface area contributed by atoms with E-state index in [0.29, 0.717) is 22.3 Å². The fourth-order valence-electron chi connectivity index (χ4n) is 2.50. The molecular weight excluding hydrogens is 389 g/mol. The lowest BCUT2D eigenvalue weighted by atomic mass is 10.2. The van der Waals surface area contributed by atoms with Crippen LogP contribution in [0.1, 0.15) is 15.9 Å². The molecule has 7 heteroatoms. The van der Waals surface area contributed by atoms with Crippen LogP contribution in [0.3, 0.4) is 0 Å². The number of thiazole rings is 1. The molecule has 1 aromatic heterocycles. The van der Waals surface area contributed by atoms with E-state index in [1.54, 1.807) is 17.0 Å². The Balaban J connectivity index is 0.00000243. The lowest BCUT2D eigenvalue weighted by molar-refractivity contribution is 0.0985.